The summed E-state index contributed by atoms with van der Waals surface area (Å²) in [5, 5.41) is 11.0. The Balaban J connectivity index is 1.52. The van der Waals surface area contributed by atoms with Gasteiger partial charge in [0.25, 0.3) is 11.6 Å². The highest BCUT2D eigenvalue weighted by Gasteiger charge is 2.26. The van der Waals surface area contributed by atoms with Crippen molar-refractivity contribution in [1.29, 1.82) is 0 Å². The quantitative estimate of drug-likeness (QED) is 0.577. The third-order valence-electron chi connectivity index (χ3n) is 6.33. The zero-order chi connectivity index (χ0) is 19.4. The summed E-state index contributed by atoms with van der Waals surface area (Å²) in [5.74, 6) is 0.605. The fraction of sp³-hybridized carbons (Fsp3) is 0.667. The van der Waals surface area contributed by atoms with Crippen LogP contribution in [0.15, 0.2) is 18.2 Å². The normalized spacial score (nSPS) is 22.0. The molecule has 2 aliphatic heterocycles. The molecule has 1 amide bonds. The molecule has 2 fully saturated rings. The van der Waals surface area contributed by atoms with Gasteiger partial charge in [-0.2, -0.15) is 0 Å². The number of aryl methyl sites for hydroxylation is 1. The number of carbonyl (C=O) groups is 1. The second kappa shape index (κ2) is 8.83. The van der Waals surface area contributed by atoms with Crippen molar-refractivity contribution in [2.24, 2.45) is 5.92 Å². The fourth-order valence-corrected chi connectivity index (χ4v) is 4.39. The van der Waals surface area contributed by atoms with Gasteiger partial charge in [-0.1, -0.05) is 12.5 Å². The number of non-ortho nitro benzene ring substituents is 1. The second-order valence-electron chi connectivity index (χ2n) is 8.16. The molecule has 1 atom stereocenters. The molecule has 1 aromatic rings. The van der Waals surface area contributed by atoms with Crippen LogP contribution in [0.4, 0.5) is 5.69 Å². The molecule has 0 unspecified atom stereocenters. The van der Waals surface area contributed by atoms with E-state index in [1.54, 1.807) is 6.07 Å². The fourth-order valence-electron chi connectivity index (χ4n) is 4.39. The number of nitro groups is 1. The number of nitrogens with zero attached hydrogens (tertiary/aromatic N) is 3. The van der Waals surface area contributed by atoms with E-state index < -0.39 is 4.92 Å². The smallest absolute Gasteiger partial charge is 0.270 e. The SMILES string of the molecule is Cc1ccc([N+](=O)[O-])cc1C(=O)N1CCC(CCN2CCCC[C@@H]2C)CC1. The van der Waals surface area contributed by atoms with Gasteiger partial charge in [-0.25, -0.2) is 0 Å². The van der Waals surface area contributed by atoms with Gasteiger partial charge in [0, 0.05) is 36.8 Å². The molecule has 2 heterocycles. The maximum atomic E-state index is 12.8. The monoisotopic (exact) mass is 373 g/mol. The summed E-state index contributed by atoms with van der Waals surface area (Å²) < 4.78 is 0. The first-order valence-corrected chi connectivity index (χ1v) is 10.2. The van der Waals surface area contributed by atoms with Crippen LogP contribution in [0.3, 0.4) is 0 Å². The van der Waals surface area contributed by atoms with Crippen molar-refractivity contribution in [3.05, 3.63) is 39.4 Å². The van der Waals surface area contributed by atoms with E-state index in [4.69, 9.17) is 0 Å². The Kier molecular flexibility index (Phi) is 6.47. The van der Waals surface area contributed by atoms with Crippen molar-refractivity contribution in [3.63, 3.8) is 0 Å². The van der Waals surface area contributed by atoms with Crippen LogP contribution in [-0.4, -0.2) is 52.9 Å². The summed E-state index contributed by atoms with van der Waals surface area (Å²) in [5.41, 5.74) is 1.24. The van der Waals surface area contributed by atoms with E-state index in [2.05, 4.69) is 11.8 Å². The molecule has 148 valence electrons. The van der Waals surface area contributed by atoms with Crippen LogP contribution in [0.5, 0.6) is 0 Å². The Bertz CT molecular complexity index is 683. The van der Waals surface area contributed by atoms with E-state index in [0.29, 0.717) is 17.5 Å². The maximum absolute atomic E-state index is 12.8. The standard InChI is InChI=1S/C21H31N3O3/c1-16-6-7-19(24(26)27)15-20(16)21(25)23-13-9-18(10-14-23)8-12-22-11-4-3-5-17(22)2/h6-7,15,17-18H,3-5,8-14H2,1-2H3/t17-/m0/s1. The number of amides is 1. The molecule has 3 rings (SSSR count). The minimum Gasteiger partial charge on any atom is -0.339 e. The van der Waals surface area contributed by atoms with Crippen molar-refractivity contribution < 1.29 is 9.72 Å². The van der Waals surface area contributed by atoms with Gasteiger partial charge in [-0.05, 0) is 70.5 Å². The Morgan fingerprint density at radius 1 is 1.19 bits per heavy atom. The molecule has 0 saturated carbocycles. The molecule has 2 saturated heterocycles. The first kappa shape index (κ1) is 19.8. The number of benzene rings is 1. The van der Waals surface area contributed by atoms with Gasteiger partial charge in [0.2, 0.25) is 0 Å². The lowest BCUT2D eigenvalue weighted by Gasteiger charge is -2.36. The van der Waals surface area contributed by atoms with Gasteiger partial charge < -0.3 is 9.80 Å². The highest BCUT2D eigenvalue weighted by molar-refractivity contribution is 5.96. The molecule has 1 aromatic carbocycles. The molecule has 0 N–H and O–H groups in total. The molecule has 0 spiro atoms. The summed E-state index contributed by atoms with van der Waals surface area (Å²) in [6.45, 7) is 8.07. The molecule has 0 bridgehead atoms. The third kappa shape index (κ3) is 4.86. The van der Waals surface area contributed by atoms with Gasteiger partial charge in [-0.3, -0.25) is 14.9 Å². The van der Waals surface area contributed by atoms with Crippen molar-refractivity contribution in [1.82, 2.24) is 9.80 Å². The summed E-state index contributed by atoms with van der Waals surface area (Å²) in [6, 6.07) is 5.25. The summed E-state index contributed by atoms with van der Waals surface area (Å²) >= 11 is 0. The number of nitro benzene ring substituents is 1. The van der Waals surface area contributed by atoms with E-state index in [1.165, 1.54) is 50.9 Å². The van der Waals surface area contributed by atoms with Crippen LogP contribution in [0.1, 0.15) is 61.4 Å². The maximum Gasteiger partial charge on any atom is 0.270 e. The lowest BCUT2D eigenvalue weighted by atomic mass is 9.92. The predicted octanol–water partition coefficient (Wildman–Crippen LogP) is 4.02. The topological polar surface area (TPSA) is 66.7 Å². The molecule has 6 heteroatoms. The Morgan fingerprint density at radius 2 is 1.93 bits per heavy atom. The highest BCUT2D eigenvalue weighted by Crippen LogP contribution is 2.26. The summed E-state index contributed by atoms with van der Waals surface area (Å²) in [4.78, 5) is 27.9. The van der Waals surface area contributed by atoms with Gasteiger partial charge >= 0.3 is 0 Å². The minimum absolute atomic E-state index is 0.0190. The second-order valence-corrected chi connectivity index (χ2v) is 8.16. The molecule has 0 radical (unpaired) electrons. The lowest BCUT2D eigenvalue weighted by Crippen LogP contribution is -2.41. The Labute approximate surface area is 161 Å². The number of hydrogen-bond acceptors (Lipinski definition) is 4. The number of rotatable bonds is 5. The van der Waals surface area contributed by atoms with Crippen LogP contribution in [-0.2, 0) is 0 Å². The minimum atomic E-state index is -0.440. The number of hydrogen-bond donors (Lipinski definition) is 0. The van der Waals surface area contributed by atoms with Crippen LogP contribution in [0.25, 0.3) is 0 Å². The van der Waals surface area contributed by atoms with Gasteiger partial charge in [0.15, 0.2) is 0 Å². The molecular weight excluding hydrogens is 342 g/mol. The number of likely N-dealkylation sites (tertiary alicyclic amines) is 2. The molecular formula is C21H31N3O3. The lowest BCUT2D eigenvalue weighted by molar-refractivity contribution is -0.384. The number of carbonyl (C=O) groups excluding carboxylic acids is 1. The molecule has 0 aliphatic carbocycles. The van der Waals surface area contributed by atoms with Crippen LogP contribution >= 0.6 is 0 Å². The zero-order valence-electron chi connectivity index (χ0n) is 16.5. The van der Waals surface area contributed by atoms with E-state index in [-0.39, 0.29) is 11.6 Å². The van der Waals surface area contributed by atoms with E-state index in [9.17, 15) is 14.9 Å². The van der Waals surface area contributed by atoms with Crippen molar-refractivity contribution in [2.75, 3.05) is 26.2 Å². The molecule has 0 aromatic heterocycles. The Morgan fingerprint density at radius 3 is 2.59 bits per heavy atom. The van der Waals surface area contributed by atoms with Crippen LogP contribution in [0.2, 0.25) is 0 Å². The highest BCUT2D eigenvalue weighted by atomic mass is 16.6. The summed E-state index contributed by atoms with van der Waals surface area (Å²) in [7, 11) is 0. The zero-order valence-corrected chi connectivity index (χ0v) is 16.5. The van der Waals surface area contributed by atoms with E-state index >= 15 is 0 Å². The first-order valence-electron chi connectivity index (χ1n) is 10.2. The van der Waals surface area contributed by atoms with E-state index in [1.807, 2.05) is 11.8 Å². The van der Waals surface area contributed by atoms with Crippen LogP contribution in [0, 0.1) is 23.0 Å². The average Bonchev–Trinajstić information content (AvgIpc) is 2.67. The van der Waals surface area contributed by atoms with Crippen molar-refractivity contribution >= 4 is 11.6 Å². The summed E-state index contributed by atoms with van der Waals surface area (Å²) in [6.07, 6.45) is 7.26. The molecule has 6 nitrogen and oxygen atoms in total. The van der Waals surface area contributed by atoms with Crippen molar-refractivity contribution in [3.8, 4) is 0 Å². The largest absolute Gasteiger partial charge is 0.339 e. The van der Waals surface area contributed by atoms with Crippen LogP contribution < -0.4 is 0 Å². The molecule has 27 heavy (non-hydrogen) atoms. The third-order valence-corrected chi connectivity index (χ3v) is 6.33. The molecule has 2 aliphatic rings. The first-order chi connectivity index (χ1) is 13.0. The average molecular weight is 373 g/mol. The number of piperidine rings is 2. The Hall–Kier alpha value is -1.95. The van der Waals surface area contributed by atoms with Gasteiger partial charge in [0.1, 0.15) is 0 Å². The van der Waals surface area contributed by atoms with Gasteiger partial charge in [0.05, 0.1) is 4.92 Å². The van der Waals surface area contributed by atoms with Crippen molar-refractivity contribution in [2.45, 2.75) is 58.4 Å². The van der Waals surface area contributed by atoms with Gasteiger partial charge in [-0.15, -0.1) is 0 Å². The van der Waals surface area contributed by atoms with E-state index in [0.717, 1.165) is 31.5 Å². The predicted molar refractivity (Wildman–Crippen MR) is 106 cm³/mol.